The number of rotatable bonds is 7. The SMILES string of the molecule is O=C(NCCCOCCO)c1cc(O)ccc1O. The molecule has 0 unspecified atom stereocenters. The highest BCUT2D eigenvalue weighted by atomic mass is 16.5. The van der Waals surface area contributed by atoms with Crippen molar-refractivity contribution in [3.63, 3.8) is 0 Å². The van der Waals surface area contributed by atoms with Crippen LogP contribution < -0.4 is 5.32 Å². The van der Waals surface area contributed by atoms with E-state index in [1.54, 1.807) is 0 Å². The summed E-state index contributed by atoms with van der Waals surface area (Å²) in [7, 11) is 0. The third-order valence-corrected chi connectivity index (χ3v) is 2.21. The van der Waals surface area contributed by atoms with Gasteiger partial charge in [0.25, 0.3) is 5.91 Å². The highest BCUT2D eigenvalue weighted by Gasteiger charge is 2.10. The number of aliphatic hydroxyl groups is 1. The number of phenols is 2. The van der Waals surface area contributed by atoms with Crippen molar-refractivity contribution in [1.29, 1.82) is 0 Å². The summed E-state index contributed by atoms with van der Waals surface area (Å²) in [6.07, 6.45) is 0.602. The molecule has 0 spiro atoms. The molecule has 0 bridgehead atoms. The van der Waals surface area contributed by atoms with Gasteiger partial charge in [0.2, 0.25) is 0 Å². The van der Waals surface area contributed by atoms with Crippen LogP contribution in [-0.2, 0) is 4.74 Å². The standard InChI is InChI=1S/C12H17NO5/c14-5-7-18-6-1-4-13-12(17)10-8-9(15)2-3-11(10)16/h2-3,8,14-16H,1,4-7H2,(H,13,17). The summed E-state index contributed by atoms with van der Waals surface area (Å²) in [5.41, 5.74) is 0.0336. The molecule has 6 nitrogen and oxygen atoms in total. The normalized spacial score (nSPS) is 10.3. The molecule has 0 saturated heterocycles. The van der Waals surface area contributed by atoms with Crippen molar-refractivity contribution >= 4 is 5.91 Å². The van der Waals surface area contributed by atoms with Crippen LogP contribution in [-0.4, -0.2) is 47.6 Å². The molecule has 0 aromatic heterocycles. The highest BCUT2D eigenvalue weighted by molar-refractivity contribution is 5.97. The van der Waals surface area contributed by atoms with Crippen LogP contribution in [0.1, 0.15) is 16.8 Å². The molecule has 0 radical (unpaired) electrons. The van der Waals surface area contributed by atoms with E-state index in [4.69, 9.17) is 9.84 Å². The number of aliphatic hydroxyl groups excluding tert-OH is 1. The topological polar surface area (TPSA) is 99.0 Å². The molecule has 0 aliphatic carbocycles. The Morgan fingerprint density at radius 2 is 2.06 bits per heavy atom. The van der Waals surface area contributed by atoms with E-state index in [2.05, 4.69) is 5.32 Å². The molecule has 0 aliphatic rings. The van der Waals surface area contributed by atoms with Crippen molar-refractivity contribution < 1.29 is 24.9 Å². The summed E-state index contributed by atoms with van der Waals surface area (Å²) in [6.45, 7) is 1.08. The maximum absolute atomic E-state index is 11.6. The van der Waals surface area contributed by atoms with E-state index < -0.39 is 5.91 Å². The molecule has 1 aromatic carbocycles. The summed E-state index contributed by atoms with van der Waals surface area (Å²) < 4.78 is 5.02. The Morgan fingerprint density at radius 3 is 2.78 bits per heavy atom. The van der Waals surface area contributed by atoms with Crippen LogP contribution in [0, 0.1) is 0 Å². The van der Waals surface area contributed by atoms with Crippen LogP contribution in [0.4, 0.5) is 0 Å². The Morgan fingerprint density at radius 1 is 1.28 bits per heavy atom. The lowest BCUT2D eigenvalue weighted by molar-refractivity contribution is 0.0866. The molecule has 0 saturated carbocycles. The third kappa shape index (κ3) is 4.60. The van der Waals surface area contributed by atoms with E-state index in [-0.39, 0.29) is 30.3 Å². The Hall–Kier alpha value is -1.79. The van der Waals surface area contributed by atoms with Gasteiger partial charge in [-0.2, -0.15) is 0 Å². The van der Waals surface area contributed by atoms with Gasteiger partial charge in [-0.3, -0.25) is 4.79 Å². The van der Waals surface area contributed by atoms with Crippen LogP contribution in [0.25, 0.3) is 0 Å². The first kappa shape index (κ1) is 14.3. The minimum atomic E-state index is -0.453. The molecule has 1 rings (SSSR count). The molecular formula is C12H17NO5. The zero-order valence-electron chi connectivity index (χ0n) is 9.93. The quantitative estimate of drug-likeness (QED) is 0.413. The van der Waals surface area contributed by atoms with Gasteiger partial charge in [0, 0.05) is 13.2 Å². The lowest BCUT2D eigenvalue weighted by Gasteiger charge is -2.07. The average molecular weight is 255 g/mol. The van der Waals surface area contributed by atoms with Gasteiger partial charge >= 0.3 is 0 Å². The van der Waals surface area contributed by atoms with Gasteiger partial charge in [0.05, 0.1) is 18.8 Å². The second kappa shape index (κ2) is 7.52. The first-order valence-electron chi connectivity index (χ1n) is 5.64. The van der Waals surface area contributed by atoms with Gasteiger partial charge in [0.15, 0.2) is 0 Å². The van der Waals surface area contributed by atoms with Crippen LogP contribution in [0.15, 0.2) is 18.2 Å². The molecule has 0 heterocycles. The van der Waals surface area contributed by atoms with Gasteiger partial charge in [-0.1, -0.05) is 0 Å². The number of nitrogens with one attached hydrogen (secondary N) is 1. The van der Waals surface area contributed by atoms with E-state index in [0.29, 0.717) is 19.6 Å². The predicted octanol–water partition coefficient (Wildman–Crippen LogP) is 0.227. The number of ether oxygens (including phenoxy) is 1. The molecule has 100 valence electrons. The van der Waals surface area contributed by atoms with E-state index in [1.165, 1.54) is 18.2 Å². The highest BCUT2D eigenvalue weighted by Crippen LogP contribution is 2.21. The number of aromatic hydroxyl groups is 2. The third-order valence-electron chi connectivity index (χ3n) is 2.21. The minimum Gasteiger partial charge on any atom is -0.508 e. The van der Waals surface area contributed by atoms with Crippen LogP contribution in [0.2, 0.25) is 0 Å². The number of hydrogen-bond acceptors (Lipinski definition) is 5. The van der Waals surface area contributed by atoms with Crippen molar-refractivity contribution in [1.82, 2.24) is 5.32 Å². The van der Waals surface area contributed by atoms with Crippen molar-refractivity contribution in [2.75, 3.05) is 26.4 Å². The molecule has 4 N–H and O–H groups in total. The summed E-state index contributed by atoms with van der Waals surface area (Å²) >= 11 is 0. The number of carbonyl (C=O) groups excluding carboxylic acids is 1. The van der Waals surface area contributed by atoms with Crippen LogP contribution in [0.5, 0.6) is 11.5 Å². The first-order chi connectivity index (χ1) is 8.65. The fourth-order valence-electron chi connectivity index (χ4n) is 1.34. The smallest absolute Gasteiger partial charge is 0.255 e. The Kier molecular flexibility index (Phi) is 5.96. The summed E-state index contributed by atoms with van der Waals surface area (Å²) in [5.74, 6) is -0.711. The Labute approximate surface area is 105 Å². The maximum atomic E-state index is 11.6. The van der Waals surface area contributed by atoms with Crippen molar-refractivity contribution in [2.45, 2.75) is 6.42 Å². The summed E-state index contributed by atoms with van der Waals surface area (Å²) in [5, 5.41) is 29.7. The van der Waals surface area contributed by atoms with Gasteiger partial charge in [-0.05, 0) is 24.6 Å². The molecule has 1 amide bonds. The molecular weight excluding hydrogens is 238 g/mol. The number of benzene rings is 1. The molecule has 18 heavy (non-hydrogen) atoms. The summed E-state index contributed by atoms with van der Waals surface area (Å²) in [4.78, 5) is 11.6. The number of phenolic OH excluding ortho intramolecular Hbond substituents is 2. The second-order valence-corrected chi connectivity index (χ2v) is 3.65. The Balaban J connectivity index is 2.34. The van der Waals surface area contributed by atoms with Crippen molar-refractivity contribution in [3.05, 3.63) is 23.8 Å². The number of amides is 1. The predicted molar refractivity (Wildman–Crippen MR) is 64.6 cm³/mol. The lowest BCUT2D eigenvalue weighted by atomic mass is 10.1. The fourth-order valence-corrected chi connectivity index (χ4v) is 1.34. The van der Waals surface area contributed by atoms with Gasteiger partial charge in [-0.15, -0.1) is 0 Å². The minimum absolute atomic E-state index is 0.0243. The molecule has 0 aliphatic heterocycles. The number of hydrogen-bond donors (Lipinski definition) is 4. The molecule has 6 heteroatoms. The zero-order valence-corrected chi connectivity index (χ0v) is 9.93. The molecule has 0 atom stereocenters. The van der Waals surface area contributed by atoms with Crippen LogP contribution in [0.3, 0.4) is 0 Å². The fraction of sp³-hybridized carbons (Fsp3) is 0.417. The second-order valence-electron chi connectivity index (χ2n) is 3.65. The summed E-state index contributed by atoms with van der Waals surface area (Å²) in [6, 6.07) is 3.76. The van der Waals surface area contributed by atoms with E-state index in [9.17, 15) is 15.0 Å². The van der Waals surface area contributed by atoms with Gasteiger partial charge in [-0.25, -0.2) is 0 Å². The van der Waals surface area contributed by atoms with Crippen molar-refractivity contribution in [3.8, 4) is 11.5 Å². The van der Waals surface area contributed by atoms with E-state index in [1.807, 2.05) is 0 Å². The first-order valence-corrected chi connectivity index (χ1v) is 5.64. The maximum Gasteiger partial charge on any atom is 0.255 e. The van der Waals surface area contributed by atoms with E-state index >= 15 is 0 Å². The average Bonchev–Trinajstić information content (AvgIpc) is 2.36. The lowest BCUT2D eigenvalue weighted by Crippen LogP contribution is -2.25. The van der Waals surface area contributed by atoms with Crippen molar-refractivity contribution in [2.24, 2.45) is 0 Å². The van der Waals surface area contributed by atoms with Gasteiger partial charge in [0.1, 0.15) is 11.5 Å². The van der Waals surface area contributed by atoms with Gasteiger partial charge < -0.3 is 25.4 Å². The monoisotopic (exact) mass is 255 g/mol. The Bertz CT molecular complexity index is 394. The zero-order chi connectivity index (χ0) is 13.4. The molecule has 0 fully saturated rings. The largest absolute Gasteiger partial charge is 0.508 e. The van der Waals surface area contributed by atoms with E-state index in [0.717, 1.165) is 0 Å². The molecule has 1 aromatic rings. The number of carbonyl (C=O) groups is 1. The van der Waals surface area contributed by atoms with Crippen LogP contribution >= 0.6 is 0 Å².